The number of aromatic nitrogens is 2. The van der Waals surface area contributed by atoms with Crippen LogP contribution < -0.4 is 4.72 Å². The molecule has 0 radical (unpaired) electrons. The smallest absolute Gasteiger partial charge is 0.253 e. The lowest BCUT2D eigenvalue weighted by Gasteiger charge is -2.06. The molecule has 0 aliphatic heterocycles. The fraction of sp³-hybridized carbons (Fsp3) is 0.333. The van der Waals surface area contributed by atoms with Gasteiger partial charge < -0.3 is 0 Å². The van der Waals surface area contributed by atoms with Crippen LogP contribution >= 0.6 is 23.1 Å². The maximum Gasteiger partial charge on any atom is 0.263 e. The van der Waals surface area contributed by atoms with Crippen LogP contribution in [0.1, 0.15) is 31.2 Å². The summed E-state index contributed by atoms with van der Waals surface area (Å²) in [6.45, 7) is 5.70. The van der Waals surface area contributed by atoms with Gasteiger partial charge in [-0.3, -0.25) is 4.72 Å². The highest BCUT2D eigenvalue weighted by Gasteiger charge is 2.18. The summed E-state index contributed by atoms with van der Waals surface area (Å²) in [5, 5.41) is 0.665. The molecule has 108 valence electrons. The molecule has 0 aliphatic carbocycles. The molecule has 0 bridgehead atoms. The Morgan fingerprint density at radius 2 is 2.05 bits per heavy atom. The second-order valence-corrected chi connectivity index (χ2v) is 7.47. The van der Waals surface area contributed by atoms with E-state index in [1.54, 1.807) is 6.07 Å². The number of nitrogens with one attached hydrogen (secondary N) is 1. The first-order valence-corrected chi connectivity index (χ1v) is 8.55. The number of rotatable bonds is 4. The predicted octanol–water partition coefficient (Wildman–Crippen LogP) is 3.42. The minimum absolute atomic E-state index is 0.106. The average molecular weight is 332 g/mol. The van der Waals surface area contributed by atoms with Gasteiger partial charge in [-0.1, -0.05) is 31.5 Å². The second-order valence-electron chi connectivity index (χ2n) is 4.63. The molecule has 20 heavy (non-hydrogen) atoms. The number of sulfonamides is 1. The Morgan fingerprint density at radius 3 is 2.60 bits per heavy atom. The van der Waals surface area contributed by atoms with Crippen molar-refractivity contribution in [3.63, 3.8) is 0 Å². The number of anilines is 1. The van der Waals surface area contributed by atoms with Crippen LogP contribution in [0.5, 0.6) is 0 Å². The van der Waals surface area contributed by atoms with Crippen molar-refractivity contribution < 1.29 is 8.42 Å². The molecule has 0 atom stereocenters. The van der Waals surface area contributed by atoms with Gasteiger partial charge in [0.2, 0.25) is 5.13 Å². The summed E-state index contributed by atoms with van der Waals surface area (Å²) < 4.78 is 30.9. The van der Waals surface area contributed by atoms with E-state index in [2.05, 4.69) is 14.1 Å². The molecule has 1 heterocycles. The maximum atomic E-state index is 12.2. The lowest BCUT2D eigenvalue weighted by Crippen LogP contribution is -2.13. The summed E-state index contributed by atoms with van der Waals surface area (Å²) in [6, 6.07) is 4.59. The van der Waals surface area contributed by atoms with Crippen molar-refractivity contribution in [1.82, 2.24) is 9.36 Å². The molecule has 0 unspecified atom stereocenters. The Bertz CT molecular complexity index is 726. The van der Waals surface area contributed by atoms with Gasteiger partial charge in [0.25, 0.3) is 10.0 Å². The predicted molar refractivity (Wildman–Crippen MR) is 81.0 cm³/mol. The first kappa shape index (κ1) is 15.2. The largest absolute Gasteiger partial charge is 0.263 e. The third kappa shape index (κ3) is 3.28. The minimum Gasteiger partial charge on any atom is -0.253 e. The van der Waals surface area contributed by atoms with Crippen LogP contribution in [-0.4, -0.2) is 17.8 Å². The van der Waals surface area contributed by atoms with Crippen LogP contribution in [-0.2, 0) is 10.0 Å². The van der Waals surface area contributed by atoms with Gasteiger partial charge in [0.1, 0.15) is 5.82 Å². The Kier molecular flexibility index (Phi) is 4.31. The zero-order valence-corrected chi connectivity index (χ0v) is 13.6. The summed E-state index contributed by atoms with van der Waals surface area (Å²) in [5.74, 6) is 0.771. The van der Waals surface area contributed by atoms with Crippen LogP contribution in [0.15, 0.2) is 23.1 Å². The Morgan fingerprint density at radius 1 is 1.35 bits per heavy atom. The summed E-state index contributed by atoms with van der Waals surface area (Å²) in [6.07, 6.45) is 0. The van der Waals surface area contributed by atoms with Crippen molar-refractivity contribution in [3.05, 3.63) is 34.6 Å². The van der Waals surface area contributed by atoms with Gasteiger partial charge in [-0.2, -0.15) is 4.37 Å². The molecule has 0 saturated heterocycles. The minimum atomic E-state index is -3.69. The van der Waals surface area contributed by atoms with Gasteiger partial charge in [0.05, 0.1) is 4.90 Å². The van der Waals surface area contributed by atoms with Crippen molar-refractivity contribution >= 4 is 38.3 Å². The standard InChI is InChI=1S/C12H14ClN3O2S2/c1-7(2)11-14-12(19-15-11)16-20(17,18)9-5-4-8(3)10(13)6-9/h4-7H,1-3H3,(H,14,15,16). The third-order valence-corrected chi connectivity index (χ3v) is 5.15. The first-order valence-electron chi connectivity index (χ1n) is 5.92. The summed E-state index contributed by atoms with van der Waals surface area (Å²) in [7, 11) is -3.69. The second kappa shape index (κ2) is 5.67. The van der Waals surface area contributed by atoms with Crippen molar-refractivity contribution in [2.45, 2.75) is 31.6 Å². The molecule has 5 nitrogen and oxygen atoms in total. The highest BCUT2D eigenvalue weighted by atomic mass is 35.5. The highest BCUT2D eigenvalue weighted by Crippen LogP contribution is 2.24. The van der Waals surface area contributed by atoms with E-state index < -0.39 is 10.0 Å². The zero-order valence-electron chi connectivity index (χ0n) is 11.2. The summed E-state index contributed by atoms with van der Waals surface area (Å²) >= 11 is 6.97. The third-order valence-electron chi connectivity index (χ3n) is 2.63. The van der Waals surface area contributed by atoms with Gasteiger partial charge in [-0.25, -0.2) is 13.4 Å². The van der Waals surface area contributed by atoms with E-state index >= 15 is 0 Å². The van der Waals surface area contributed by atoms with Crippen molar-refractivity contribution in [2.75, 3.05) is 4.72 Å². The van der Waals surface area contributed by atoms with E-state index in [1.807, 2.05) is 20.8 Å². The topological polar surface area (TPSA) is 72.0 Å². The molecule has 0 fully saturated rings. The van der Waals surface area contributed by atoms with Crippen LogP contribution in [0.3, 0.4) is 0 Å². The number of hydrogen-bond acceptors (Lipinski definition) is 5. The first-order chi connectivity index (χ1) is 9.29. The zero-order chi connectivity index (χ0) is 14.9. The van der Waals surface area contributed by atoms with E-state index in [0.717, 1.165) is 17.1 Å². The number of benzene rings is 1. The van der Waals surface area contributed by atoms with E-state index in [-0.39, 0.29) is 15.9 Å². The van der Waals surface area contributed by atoms with Gasteiger partial charge in [0, 0.05) is 22.5 Å². The van der Waals surface area contributed by atoms with Crippen LogP contribution in [0.2, 0.25) is 5.02 Å². The van der Waals surface area contributed by atoms with Crippen molar-refractivity contribution in [3.8, 4) is 0 Å². The molecule has 2 aromatic rings. The van der Waals surface area contributed by atoms with Crippen molar-refractivity contribution in [1.29, 1.82) is 0 Å². The molecule has 0 spiro atoms. The Balaban J connectivity index is 2.28. The van der Waals surface area contributed by atoms with Gasteiger partial charge in [0.15, 0.2) is 0 Å². The summed E-state index contributed by atoms with van der Waals surface area (Å²) in [4.78, 5) is 4.25. The lowest BCUT2D eigenvalue weighted by atomic mass is 10.2. The van der Waals surface area contributed by atoms with E-state index in [1.165, 1.54) is 12.1 Å². The summed E-state index contributed by atoms with van der Waals surface area (Å²) in [5.41, 5.74) is 0.823. The normalized spacial score (nSPS) is 11.8. The molecule has 1 N–H and O–H groups in total. The van der Waals surface area contributed by atoms with Gasteiger partial charge in [-0.15, -0.1) is 0 Å². The maximum absolute atomic E-state index is 12.2. The molecule has 0 aliphatic rings. The molecule has 1 aromatic carbocycles. The van der Waals surface area contributed by atoms with Crippen LogP contribution in [0, 0.1) is 6.92 Å². The molecule has 1 aromatic heterocycles. The number of halogens is 1. The molecule has 0 amide bonds. The molecule has 8 heteroatoms. The van der Waals surface area contributed by atoms with Gasteiger partial charge >= 0.3 is 0 Å². The van der Waals surface area contributed by atoms with E-state index in [4.69, 9.17) is 11.6 Å². The lowest BCUT2D eigenvalue weighted by molar-refractivity contribution is 0.601. The number of hydrogen-bond donors (Lipinski definition) is 1. The number of nitrogens with zero attached hydrogens (tertiary/aromatic N) is 2. The number of aryl methyl sites for hydroxylation is 1. The van der Waals surface area contributed by atoms with Crippen molar-refractivity contribution in [2.24, 2.45) is 0 Å². The SMILES string of the molecule is Cc1ccc(S(=O)(=O)Nc2nc(C(C)C)ns2)cc1Cl. The average Bonchev–Trinajstić information content (AvgIpc) is 2.80. The molecule has 2 rings (SSSR count). The van der Waals surface area contributed by atoms with E-state index in [9.17, 15) is 8.42 Å². The fourth-order valence-electron chi connectivity index (χ4n) is 1.43. The van der Waals surface area contributed by atoms with Crippen LogP contribution in [0.25, 0.3) is 0 Å². The van der Waals surface area contributed by atoms with E-state index in [0.29, 0.717) is 10.8 Å². The monoisotopic (exact) mass is 331 g/mol. The molecular weight excluding hydrogens is 318 g/mol. The molecule has 0 saturated carbocycles. The Labute approximate surface area is 127 Å². The van der Waals surface area contributed by atoms with Gasteiger partial charge in [-0.05, 0) is 24.6 Å². The Hall–Kier alpha value is -1.18. The highest BCUT2D eigenvalue weighted by molar-refractivity contribution is 7.93. The molecular formula is C12H14ClN3O2S2. The quantitative estimate of drug-likeness (QED) is 0.931. The fourth-order valence-corrected chi connectivity index (χ4v) is 3.63. The van der Waals surface area contributed by atoms with Crippen LogP contribution in [0.4, 0.5) is 5.13 Å².